The molecule has 1 aliphatic heterocycles. The summed E-state index contributed by atoms with van der Waals surface area (Å²) in [6.07, 6.45) is 2.57. The highest BCUT2D eigenvalue weighted by atomic mass is 32.2. The third-order valence-electron chi connectivity index (χ3n) is 1.35. The molecule has 0 radical (unpaired) electrons. The summed E-state index contributed by atoms with van der Waals surface area (Å²) >= 11 is 3.58. The summed E-state index contributed by atoms with van der Waals surface area (Å²) in [5, 5.41) is 0. The van der Waals surface area contributed by atoms with Crippen LogP contribution in [0.15, 0.2) is 0 Å². The highest BCUT2D eigenvalue weighted by Gasteiger charge is 2.04. The van der Waals surface area contributed by atoms with Crippen molar-refractivity contribution in [1.82, 2.24) is 0 Å². The fourth-order valence-corrected chi connectivity index (χ4v) is 2.72. The van der Waals surface area contributed by atoms with Crippen LogP contribution in [0.2, 0.25) is 0 Å². The molecule has 58 valence electrons. The molecule has 1 aliphatic rings. The molecule has 0 aromatic rings. The maximum Gasteiger partial charge on any atom is 0.152 e. The summed E-state index contributed by atoms with van der Waals surface area (Å²) < 4.78 is 0. The molecule has 1 nitrogen and oxygen atoms in total. The first-order chi connectivity index (χ1) is 4.89. The van der Waals surface area contributed by atoms with Crippen LogP contribution < -0.4 is 0 Å². The monoisotopic (exact) mass is 176 g/mol. The van der Waals surface area contributed by atoms with Crippen LogP contribution in [0.3, 0.4) is 0 Å². The van der Waals surface area contributed by atoms with Gasteiger partial charge in [0.05, 0.1) is 11.5 Å². The van der Waals surface area contributed by atoms with Crippen molar-refractivity contribution in [1.29, 1.82) is 0 Å². The van der Waals surface area contributed by atoms with Crippen molar-refractivity contribution < 1.29 is 4.79 Å². The molecule has 0 saturated carbocycles. The minimum Gasteiger partial charge on any atom is -0.298 e. The molecule has 0 aromatic carbocycles. The van der Waals surface area contributed by atoms with Crippen molar-refractivity contribution in [2.24, 2.45) is 0 Å². The minimum absolute atomic E-state index is 0.414. The molecule has 1 rings (SSSR count). The number of carbonyl (C=O) groups is 1. The van der Waals surface area contributed by atoms with E-state index in [0.717, 1.165) is 11.5 Å². The first-order valence-electron chi connectivity index (χ1n) is 3.57. The summed E-state index contributed by atoms with van der Waals surface area (Å²) in [6, 6.07) is 0. The third kappa shape index (κ3) is 3.52. The fraction of sp³-hybridized carbons (Fsp3) is 0.857. The van der Waals surface area contributed by atoms with Gasteiger partial charge in [0.25, 0.3) is 0 Å². The summed E-state index contributed by atoms with van der Waals surface area (Å²) in [5.41, 5.74) is 0. The normalized spacial score (nSPS) is 23.0. The van der Waals surface area contributed by atoms with Crippen molar-refractivity contribution in [3.8, 4) is 0 Å². The van der Waals surface area contributed by atoms with E-state index in [-0.39, 0.29) is 0 Å². The molecule has 1 fully saturated rings. The van der Waals surface area contributed by atoms with E-state index >= 15 is 0 Å². The lowest BCUT2D eigenvalue weighted by molar-refractivity contribution is -0.114. The maximum atomic E-state index is 10.9. The Morgan fingerprint density at radius 1 is 1.00 bits per heavy atom. The lowest BCUT2D eigenvalue weighted by Crippen LogP contribution is -2.04. The van der Waals surface area contributed by atoms with Gasteiger partial charge in [0.1, 0.15) is 0 Å². The second-order valence-electron chi connectivity index (χ2n) is 2.35. The molecule has 0 aromatic heterocycles. The molecule has 0 bridgehead atoms. The van der Waals surface area contributed by atoms with E-state index in [2.05, 4.69) is 0 Å². The van der Waals surface area contributed by atoms with Gasteiger partial charge in [-0.15, -0.1) is 0 Å². The molecule has 1 heterocycles. The number of hydrogen-bond acceptors (Lipinski definition) is 3. The molecule has 10 heavy (non-hydrogen) atoms. The molecule has 1 saturated heterocycles. The smallest absolute Gasteiger partial charge is 0.152 e. The number of carbonyl (C=O) groups excluding carboxylic acids is 1. The summed E-state index contributed by atoms with van der Waals surface area (Å²) in [7, 11) is 0. The molecular formula is C7H12OS2. The van der Waals surface area contributed by atoms with Crippen LogP contribution in [-0.2, 0) is 4.79 Å². The van der Waals surface area contributed by atoms with Crippen molar-refractivity contribution in [3.05, 3.63) is 0 Å². The quantitative estimate of drug-likeness (QED) is 0.560. The number of ketones is 1. The lowest BCUT2D eigenvalue weighted by Gasteiger charge is -1.94. The number of rotatable bonds is 0. The topological polar surface area (TPSA) is 17.1 Å². The van der Waals surface area contributed by atoms with Gasteiger partial charge < -0.3 is 0 Å². The Morgan fingerprint density at radius 2 is 1.50 bits per heavy atom. The second-order valence-corrected chi connectivity index (χ2v) is 4.56. The van der Waals surface area contributed by atoms with Gasteiger partial charge in [-0.05, 0) is 24.3 Å². The predicted molar refractivity (Wildman–Crippen MR) is 48.9 cm³/mol. The average molecular weight is 176 g/mol. The predicted octanol–water partition coefficient (Wildman–Crippen LogP) is 1.82. The van der Waals surface area contributed by atoms with E-state index in [1.807, 2.05) is 0 Å². The minimum atomic E-state index is 0.414. The van der Waals surface area contributed by atoms with Gasteiger partial charge >= 0.3 is 0 Å². The van der Waals surface area contributed by atoms with E-state index in [1.54, 1.807) is 23.5 Å². The highest BCUT2D eigenvalue weighted by molar-refractivity contribution is 8.01. The summed E-state index contributed by atoms with van der Waals surface area (Å²) in [6.45, 7) is 0. The van der Waals surface area contributed by atoms with E-state index in [1.165, 1.54) is 24.3 Å². The second kappa shape index (κ2) is 5.08. The molecule has 3 heteroatoms. The van der Waals surface area contributed by atoms with Crippen molar-refractivity contribution in [3.63, 3.8) is 0 Å². The van der Waals surface area contributed by atoms with Gasteiger partial charge in [0.2, 0.25) is 0 Å². The fourth-order valence-electron chi connectivity index (χ4n) is 0.822. The number of Topliss-reactive ketones (excluding diaryl/α,β-unsaturated/α-hetero) is 1. The Kier molecular flexibility index (Phi) is 4.30. The molecular weight excluding hydrogens is 164 g/mol. The van der Waals surface area contributed by atoms with E-state index in [0.29, 0.717) is 5.78 Å². The highest BCUT2D eigenvalue weighted by Crippen LogP contribution is 2.13. The molecule has 0 atom stereocenters. The number of hydrogen-bond donors (Lipinski definition) is 0. The first-order valence-corrected chi connectivity index (χ1v) is 5.88. The largest absolute Gasteiger partial charge is 0.298 e. The zero-order chi connectivity index (χ0) is 7.23. The summed E-state index contributed by atoms with van der Waals surface area (Å²) in [5.74, 6) is 4.25. The Hall–Kier alpha value is 0.370. The Labute approximate surface area is 70.3 Å². The van der Waals surface area contributed by atoms with Gasteiger partial charge in [-0.3, -0.25) is 4.79 Å². The Balaban J connectivity index is 2.21. The standard InChI is InChI=1S/C7H12OS2/c8-7-5-9-3-1-2-4-10-6-7/h1-6H2. The Bertz CT molecular complexity index is 102. The maximum absolute atomic E-state index is 10.9. The molecule has 0 spiro atoms. The van der Waals surface area contributed by atoms with Gasteiger partial charge in [-0.2, -0.15) is 23.5 Å². The van der Waals surface area contributed by atoms with Gasteiger partial charge in [-0.1, -0.05) is 0 Å². The zero-order valence-corrected chi connectivity index (χ0v) is 7.60. The zero-order valence-electron chi connectivity index (χ0n) is 5.97. The molecule has 0 aliphatic carbocycles. The molecule has 0 amide bonds. The lowest BCUT2D eigenvalue weighted by atomic mass is 10.4. The molecule has 0 N–H and O–H groups in total. The third-order valence-corrected chi connectivity index (χ3v) is 3.56. The van der Waals surface area contributed by atoms with Crippen molar-refractivity contribution in [2.45, 2.75) is 12.8 Å². The van der Waals surface area contributed by atoms with Gasteiger partial charge in [0.15, 0.2) is 5.78 Å². The number of thioether (sulfide) groups is 2. The average Bonchev–Trinajstić information content (AvgIpc) is 2.02. The van der Waals surface area contributed by atoms with Gasteiger partial charge in [-0.25, -0.2) is 0 Å². The van der Waals surface area contributed by atoms with Crippen LogP contribution >= 0.6 is 23.5 Å². The first kappa shape index (κ1) is 8.47. The van der Waals surface area contributed by atoms with E-state index in [9.17, 15) is 4.79 Å². The summed E-state index contributed by atoms with van der Waals surface area (Å²) in [4.78, 5) is 10.9. The van der Waals surface area contributed by atoms with E-state index < -0.39 is 0 Å². The van der Waals surface area contributed by atoms with Gasteiger partial charge in [0, 0.05) is 0 Å². The SMILES string of the molecule is O=C1CSCCCCSC1. The Morgan fingerprint density at radius 3 is 2.00 bits per heavy atom. The van der Waals surface area contributed by atoms with E-state index in [4.69, 9.17) is 0 Å². The van der Waals surface area contributed by atoms with Crippen LogP contribution in [0.5, 0.6) is 0 Å². The van der Waals surface area contributed by atoms with Crippen molar-refractivity contribution in [2.75, 3.05) is 23.0 Å². The van der Waals surface area contributed by atoms with Crippen LogP contribution in [0.4, 0.5) is 0 Å². The van der Waals surface area contributed by atoms with Crippen molar-refractivity contribution >= 4 is 29.3 Å². The van der Waals surface area contributed by atoms with Crippen LogP contribution in [0.25, 0.3) is 0 Å². The van der Waals surface area contributed by atoms with Crippen LogP contribution in [0, 0.1) is 0 Å². The van der Waals surface area contributed by atoms with Crippen LogP contribution in [0.1, 0.15) is 12.8 Å². The molecule has 0 unspecified atom stereocenters. The van der Waals surface area contributed by atoms with Crippen LogP contribution in [-0.4, -0.2) is 28.8 Å².